The molecule has 0 unspecified atom stereocenters. The average Bonchev–Trinajstić information content (AvgIpc) is 2.39. The van der Waals surface area contributed by atoms with Gasteiger partial charge in [0.2, 0.25) is 0 Å². The average molecular weight is 294 g/mol. The first-order valence-corrected chi connectivity index (χ1v) is 6.44. The molecule has 2 rings (SSSR count). The Morgan fingerprint density at radius 2 is 1.74 bits per heavy atom. The number of benzene rings is 2. The molecule has 0 aromatic heterocycles. The van der Waals surface area contributed by atoms with Crippen LogP contribution >= 0.6 is 12.2 Å². The summed E-state index contributed by atoms with van der Waals surface area (Å²) in [5.74, 6) is 0.0738. The molecule has 0 aliphatic carbocycles. The fourth-order valence-electron chi connectivity index (χ4n) is 2.01. The van der Waals surface area contributed by atoms with Crippen LogP contribution in [0.25, 0.3) is 11.1 Å². The second-order valence-corrected chi connectivity index (χ2v) is 4.90. The molecule has 2 aromatic rings. The summed E-state index contributed by atoms with van der Waals surface area (Å²) in [6.45, 7) is 3.80. The molecular weight excluding hydrogens is 279 g/mol. The topological polar surface area (TPSA) is 23.1 Å². The van der Waals surface area contributed by atoms with E-state index >= 15 is 0 Å². The van der Waals surface area contributed by atoms with Gasteiger partial charge in [0.25, 0.3) is 0 Å². The van der Waals surface area contributed by atoms with Crippen molar-refractivity contribution in [2.75, 3.05) is 0 Å². The fraction of sp³-hybridized carbons (Fsp3) is 0.188. The molecule has 0 spiro atoms. The summed E-state index contributed by atoms with van der Waals surface area (Å²) in [4.78, 5) is 0.660. The van der Waals surface area contributed by atoms with Crippen molar-refractivity contribution in [3.8, 4) is 16.9 Å². The summed E-state index contributed by atoms with van der Waals surface area (Å²) in [5.41, 5.74) is 3.66. The van der Waals surface area contributed by atoms with Gasteiger partial charge in [-0.2, -0.15) is 0 Å². The minimum absolute atomic E-state index is 0. The predicted octanol–water partition coefficient (Wildman–Crippen LogP) is 0.731. The van der Waals surface area contributed by atoms with Crippen molar-refractivity contribution >= 4 is 17.1 Å². The van der Waals surface area contributed by atoms with Gasteiger partial charge in [-0.1, -0.05) is 66.9 Å². The number of rotatable bonds is 3. The third kappa shape index (κ3) is 3.97. The molecule has 92 valence electrons. The Hall–Kier alpha value is -0.0336. The summed E-state index contributed by atoms with van der Waals surface area (Å²) >= 11 is 5.17. The van der Waals surface area contributed by atoms with Gasteiger partial charge in [0.15, 0.2) is 0 Å². The summed E-state index contributed by atoms with van der Waals surface area (Å²) < 4.78 is 0. The Morgan fingerprint density at radius 1 is 1.11 bits per heavy atom. The van der Waals surface area contributed by atoms with Gasteiger partial charge in [-0.15, -0.1) is 0 Å². The molecule has 0 atom stereocenters. The van der Waals surface area contributed by atoms with Crippen LogP contribution in [0.1, 0.15) is 25.0 Å². The van der Waals surface area contributed by atoms with Gasteiger partial charge in [0.1, 0.15) is 0 Å². The van der Waals surface area contributed by atoms with Crippen molar-refractivity contribution < 1.29 is 56.5 Å². The van der Waals surface area contributed by atoms with E-state index < -0.39 is 0 Å². The second kappa shape index (κ2) is 7.67. The van der Waals surface area contributed by atoms with Gasteiger partial charge in [0, 0.05) is 4.86 Å². The monoisotopic (exact) mass is 294 g/mol. The van der Waals surface area contributed by atoms with Crippen LogP contribution in [0.4, 0.5) is 0 Å². The molecule has 0 aliphatic rings. The van der Waals surface area contributed by atoms with Crippen molar-refractivity contribution in [2.24, 2.45) is 0 Å². The zero-order valence-corrected chi connectivity index (χ0v) is 15.5. The van der Waals surface area contributed by atoms with E-state index in [0.717, 1.165) is 23.1 Å². The largest absolute Gasteiger partial charge is 1.00 e. The van der Waals surface area contributed by atoms with E-state index in [0.29, 0.717) is 10.4 Å². The molecule has 0 saturated heterocycles. The quantitative estimate of drug-likeness (QED) is 0.473. The molecule has 0 amide bonds. The van der Waals surface area contributed by atoms with Crippen LogP contribution in [0.5, 0.6) is 5.75 Å². The molecule has 0 heterocycles. The summed E-state index contributed by atoms with van der Waals surface area (Å²) in [6.07, 6.45) is 0.731. The molecule has 2 aromatic carbocycles. The Bertz CT molecular complexity index is 579. The van der Waals surface area contributed by atoms with E-state index in [2.05, 4.69) is 0 Å². The van der Waals surface area contributed by atoms with Gasteiger partial charge in [-0.25, -0.2) is 0 Å². The van der Waals surface area contributed by atoms with E-state index in [1.165, 1.54) is 0 Å². The van der Waals surface area contributed by atoms with Crippen LogP contribution in [-0.2, 0) is 6.42 Å². The smallest absolute Gasteiger partial charge is 0.872 e. The normalized spacial score (nSPS) is 9.79. The fourth-order valence-corrected chi connectivity index (χ4v) is 2.16. The third-order valence-electron chi connectivity index (χ3n) is 3.03. The molecule has 0 radical (unpaired) electrons. The van der Waals surface area contributed by atoms with Gasteiger partial charge in [-0.3, -0.25) is 0 Å². The van der Waals surface area contributed by atoms with Gasteiger partial charge >= 0.3 is 51.4 Å². The zero-order chi connectivity index (χ0) is 13.1. The van der Waals surface area contributed by atoms with E-state index in [1.54, 1.807) is 6.92 Å². The first kappa shape index (κ1) is 17.0. The Kier molecular flexibility index (Phi) is 6.87. The first-order chi connectivity index (χ1) is 8.63. The Balaban J connectivity index is 0.00000180. The number of hydrogen-bond donors (Lipinski definition) is 0. The molecule has 0 saturated carbocycles. The van der Waals surface area contributed by atoms with Crippen molar-refractivity contribution in [2.45, 2.75) is 20.3 Å². The van der Waals surface area contributed by atoms with Crippen LogP contribution < -0.4 is 56.5 Å². The molecule has 0 fully saturated rings. The molecular formula is C16H15KOS. The van der Waals surface area contributed by atoms with Crippen molar-refractivity contribution in [3.05, 3.63) is 53.6 Å². The Morgan fingerprint density at radius 3 is 2.26 bits per heavy atom. The number of aryl methyl sites for hydroxylation is 1. The van der Waals surface area contributed by atoms with Crippen molar-refractivity contribution in [1.29, 1.82) is 0 Å². The summed E-state index contributed by atoms with van der Waals surface area (Å²) in [7, 11) is 0. The maximum atomic E-state index is 12.1. The SMILES string of the molecule is CCc1cc(-c2ccccc2)cc(C(C)=S)c1[O-].[K+]. The van der Waals surface area contributed by atoms with E-state index in [-0.39, 0.29) is 57.1 Å². The molecule has 3 heteroatoms. The molecule has 0 aliphatic heterocycles. The number of hydrogen-bond acceptors (Lipinski definition) is 2. The number of thiocarbonyl (C=S) groups is 1. The van der Waals surface area contributed by atoms with E-state index in [9.17, 15) is 5.11 Å². The predicted molar refractivity (Wildman–Crippen MR) is 78.1 cm³/mol. The minimum Gasteiger partial charge on any atom is -0.872 e. The molecule has 1 nitrogen and oxygen atoms in total. The Labute approximate surface area is 162 Å². The zero-order valence-electron chi connectivity index (χ0n) is 11.6. The van der Waals surface area contributed by atoms with Crippen LogP contribution in [0.3, 0.4) is 0 Å². The van der Waals surface area contributed by atoms with Crippen LogP contribution in [0, 0.1) is 0 Å². The van der Waals surface area contributed by atoms with Gasteiger partial charge in [-0.05, 0) is 36.1 Å². The molecule has 19 heavy (non-hydrogen) atoms. The van der Waals surface area contributed by atoms with E-state index in [4.69, 9.17) is 12.2 Å². The van der Waals surface area contributed by atoms with Crippen molar-refractivity contribution in [1.82, 2.24) is 0 Å². The van der Waals surface area contributed by atoms with Gasteiger partial charge in [0.05, 0.1) is 0 Å². The maximum absolute atomic E-state index is 12.1. The summed E-state index contributed by atoms with van der Waals surface area (Å²) in [5, 5.41) is 12.1. The third-order valence-corrected chi connectivity index (χ3v) is 3.25. The van der Waals surface area contributed by atoms with Crippen molar-refractivity contribution in [3.63, 3.8) is 0 Å². The minimum atomic E-state index is 0. The molecule has 0 N–H and O–H groups in total. The summed E-state index contributed by atoms with van der Waals surface area (Å²) in [6, 6.07) is 13.9. The standard InChI is InChI=1S/C16H16OS.K/c1-3-12-9-14(13-7-5-4-6-8-13)10-15(11(2)18)16(12)17;/h4-10,17H,3H2,1-2H3;/q;+1/p-1. The van der Waals surface area contributed by atoms with Gasteiger partial charge < -0.3 is 5.11 Å². The first-order valence-electron chi connectivity index (χ1n) is 6.03. The maximum Gasteiger partial charge on any atom is 1.00 e. The van der Waals surface area contributed by atoms with Crippen LogP contribution in [0.2, 0.25) is 0 Å². The van der Waals surface area contributed by atoms with Crippen LogP contribution in [-0.4, -0.2) is 4.86 Å². The van der Waals surface area contributed by atoms with E-state index in [1.807, 2.05) is 49.4 Å². The van der Waals surface area contributed by atoms with Crippen LogP contribution in [0.15, 0.2) is 42.5 Å². The molecule has 0 bridgehead atoms. The second-order valence-electron chi connectivity index (χ2n) is 4.29.